The molecule has 0 radical (unpaired) electrons. The summed E-state index contributed by atoms with van der Waals surface area (Å²) < 4.78 is 39.7. The Morgan fingerprint density at radius 1 is 0.914 bits per heavy atom. The molecule has 0 amide bonds. The molecule has 2 heterocycles. The number of anilines is 1. The molecule has 3 aromatic rings. The van der Waals surface area contributed by atoms with Crippen LogP contribution in [0.4, 0.5) is 5.69 Å². The second kappa shape index (κ2) is 9.18. The molecule has 0 aromatic heterocycles. The van der Waals surface area contributed by atoms with Crippen molar-refractivity contribution in [3.05, 3.63) is 72.3 Å². The summed E-state index contributed by atoms with van der Waals surface area (Å²) >= 11 is 0. The van der Waals surface area contributed by atoms with Gasteiger partial charge < -0.3 is 19.5 Å². The van der Waals surface area contributed by atoms with E-state index in [-0.39, 0.29) is 29.5 Å². The van der Waals surface area contributed by atoms with E-state index in [2.05, 4.69) is 11.0 Å². The lowest BCUT2D eigenvalue weighted by atomic mass is 9.81. The number of nitrogens with zero attached hydrogens (tertiary/aromatic N) is 2. The van der Waals surface area contributed by atoms with Crippen LogP contribution in [0, 0.1) is 5.92 Å². The van der Waals surface area contributed by atoms with E-state index in [4.69, 9.17) is 9.47 Å². The molecule has 35 heavy (non-hydrogen) atoms. The van der Waals surface area contributed by atoms with E-state index in [1.165, 1.54) is 0 Å². The van der Waals surface area contributed by atoms with Gasteiger partial charge in [-0.2, -0.15) is 4.31 Å². The molecule has 184 valence electrons. The van der Waals surface area contributed by atoms with Crippen molar-refractivity contribution in [1.82, 2.24) is 4.31 Å². The van der Waals surface area contributed by atoms with Gasteiger partial charge in [-0.15, -0.1) is 0 Å². The number of hydrogen-bond donors (Lipinski definition) is 1. The molecule has 0 saturated carbocycles. The normalized spacial score (nSPS) is 21.9. The van der Waals surface area contributed by atoms with Gasteiger partial charge in [-0.05, 0) is 71.6 Å². The van der Waals surface area contributed by atoms with E-state index in [1.807, 2.05) is 43.4 Å². The van der Waals surface area contributed by atoms with Gasteiger partial charge in [0.1, 0.15) is 11.5 Å². The van der Waals surface area contributed by atoms with E-state index < -0.39 is 10.0 Å². The Morgan fingerprint density at radius 3 is 2.11 bits per heavy atom. The second-order valence-corrected chi connectivity index (χ2v) is 10.9. The minimum atomic E-state index is -3.75. The molecule has 0 unspecified atom stereocenters. The number of likely N-dealkylation sites (N-methyl/N-ethyl adjacent to an activating group) is 1. The number of aliphatic hydroxyl groups excluding tert-OH is 1. The zero-order valence-corrected chi connectivity index (χ0v) is 20.9. The van der Waals surface area contributed by atoms with Crippen LogP contribution in [0.15, 0.2) is 71.6 Å². The third kappa shape index (κ3) is 3.95. The first-order valence-electron chi connectivity index (χ1n) is 11.7. The predicted molar refractivity (Wildman–Crippen MR) is 135 cm³/mol. The molecule has 1 N–H and O–H groups in total. The maximum Gasteiger partial charge on any atom is 0.243 e. The Labute approximate surface area is 206 Å². The number of fused-ring (bicyclic) bond motifs is 3. The van der Waals surface area contributed by atoms with Gasteiger partial charge in [0.05, 0.1) is 37.8 Å². The van der Waals surface area contributed by atoms with Crippen LogP contribution in [-0.4, -0.2) is 58.3 Å². The zero-order valence-electron chi connectivity index (χ0n) is 20.1. The molecule has 7 nitrogen and oxygen atoms in total. The lowest BCUT2D eigenvalue weighted by molar-refractivity contribution is 0.193. The van der Waals surface area contributed by atoms with E-state index >= 15 is 0 Å². The van der Waals surface area contributed by atoms with Gasteiger partial charge in [-0.25, -0.2) is 8.42 Å². The highest BCUT2D eigenvalue weighted by Crippen LogP contribution is 2.51. The van der Waals surface area contributed by atoms with E-state index in [9.17, 15) is 13.5 Å². The molecule has 0 aliphatic carbocycles. The summed E-state index contributed by atoms with van der Waals surface area (Å²) in [6.45, 7) is 0.369. The van der Waals surface area contributed by atoms with Crippen LogP contribution >= 0.6 is 0 Å². The van der Waals surface area contributed by atoms with Crippen molar-refractivity contribution in [3.8, 4) is 22.6 Å². The highest BCUT2D eigenvalue weighted by molar-refractivity contribution is 7.89. The van der Waals surface area contributed by atoms with Crippen LogP contribution in [0.25, 0.3) is 11.1 Å². The first kappa shape index (κ1) is 23.7. The topological polar surface area (TPSA) is 79.3 Å². The monoisotopic (exact) mass is 494 g/mol. The third-order valence-corrected chi connectivity index (χ3v) is 9.29. The quantitative estimate of drug-likeness (QED) is 0.559. The van der Waals surface area contributed by atoms with Crippen LogP contribution in [0.2, 0.25) is 0 Å². The van der Waals surface area contributed by atoms with E-state index in [0.29, 0.717) is 18.7 Å². The highest BCUT2D eigenvalue weighted by Gasteiger charge is 2.50. The first-order chi connectivity index (χ1) is 16.9. The summed E-state index contributed by atoms with van der Waals surface area (Å²) in [4.78, 5) is 2.34. The van der Waals surface area contributed by atoms with Gasteiger partial charge >= 0.3 is 0 Å². The SMILES string of the molecule is COc1ccc(-c2ccc3c(c2)[C@H]2[C@H](CCN2S(=O)(=O)c2ccc(OC)cc2)[C@@H](CO)N3C)cc1. The molecule has 2 aliphatic rings. The summed E-state index contributed by atoms with van der Waals surface area (Å²) in [7, 11) is 1.42. The van der Waals surface area contributed by atoms with Crippen molar-refractivity contribution in [1.29, 1.82) is 0 Å². The van der Waals surface area contributed by atoms with Gasteiger partial charge in [0.25, 0.3) is 0 Å². The summed E-state index contributed by atoms with van der Waals surface area (Å²) in [6, 6.07) is 20.0. The van der Waals surface area contributed by atoms with Gasteiger partial charge in [0.2, 0.25) is 10.0 Å². The van der Waals surface area contributed by atoms with Gasteiger partial charge in [0.15, 0.2) is 0 Å². The number of hydrogen-bond acceptors (Lipinski definition) is 6. The largest absolute Gasteiger partial charge is 0.497 e. The average molecular weight is 495 g/mol. The lowest BCUT2D eigenvalue weighted by Crippen LogP contribution is -2.48. The summed E-state index contributed by atoms with van der Waals surface area (Å²) in [5, 5.41) is 10.2. The molecule has 3 aromatic carbocycles. The van der Waals surface area contributed by atoms with Crippen molar-refractivity contribution in [2.75, 3.05) is 39.3 Å². The van der Waals surface area contributed by atoms with Gasteiger partial charge in [0, 0.05) is 25.2 Å². The molecule has 0 spiro atoms. The fraction of sp³-hybridized carbons (Fsp3) is 0.333. The Bertz CT molecular complexity index is 1310. The molecular formula is C27H30N2O5S. The summed E-state index contributed by atoms with van der Waals surface area (Å²) in [5.41, 5.74) is 3.94. The van der Waals surface area contributed by atoms with Crippen molar-refractivity contribution >= 4 is 15.7 Å². The Kier molecular flexibility index (Phi) is 6.21. The molecule has 5 rings (SSSR count). The average Bonchev–Trinajstić information content (AvgIpc) is 3.35. The molecule has 1 saturated heterocycles. The van der Waals surface area contributed by atoms with Crippen molar-refractivity contribution in [2.24, 2.45) is 5.92 Å². The fourth-order valence-corrected chi connectivity index (χ4v) is 7.19. The fourth-order valence-electron chi connectivity index (χ4n) is 5.53. The molecule has 0 bridgehead atoms. The molecule has 1 fully saturated rings. The van der Waals surface area contributed by atoms with Crippen LogP contribution in [0.3, 0.4) is 0 Å². The summed E-state index contributed by atoms with van der Waals surface area (Å²) in [6.07, 6.45) is 0.682. The Morgan fingerprint density at radius 2 is 1.51 bits per heavy atom. The lowest BCUT2D eigenvalue weighted by Gasteiger charge is -2.44. The van der Waals surface area contributed by atoms with Crippen LogP contribution in [-0.2, 0) is 10.0 Å². The third-order valence-electron chi connectivity index (χ3n) is 7.39. The maximum atomic E-state index is 13.8. The predicted octanol–water partition coefficient (Wildman–Crippen LogP) is 3.93. The molecular weight excluding hydrogens is 464 g/mol. The number of ether oxygens (including phenoxy) is 2. The molecule has 3 atom stereocenters. The van der Waals surface area contributed by atoms with Crippen LogP contribution in [0.5, 0.6) is 11.5 Å². The Hall–Kier alpha value is -3.07. The number of sulfonamides is 1. The van der Waals surface area contributed by atoms with Crippen LogP contribution in [0.1, 0.15) is 18.0 Å². The Balaban J connectivity index is 1.60. The van der Waals surface area contributed by atoms with Gasteiger partial charge in [-0.3, -0.25) is 0 Å². The van der Waals surface area contributed by atoms with Crippen molar-refractivity contribution < 1.29 is 23.0 Å². The van der Waals surface area contributed by atoms with Crippen LogP contribution < -0.4 is 14.4 Å². The minimum absolute atomic E-state index is 0.0170. The van der Waals surface area contributed by atoms with Gasteiger partial charge in [-0.1, -0.05) is 18.2 Å². The molecule has 8 heteroatoms. The number of benzene rings is 3. The molecule has 2 aliphatic heterocycles. The highest BCUT2D eigenvalue weighted by atomic mass is 32.2. The van der Waals surface area contributed by atoms with Crippen molar-refractivity contribution in [3.63, 3.8) is 0 Å². The number of aliphatic hydroxyl groups is 1. The van der Waals surface area contributed by atoms with E-state index in [1.54, 1.807) is 42.8 Å². The minimum Gasteiger partial charge on any atom is -0.497 e. The maximum absolute atomic E-state index is 13.8. The smallest absolute Gasteiger partial charge is 0.243 e. The first-order valence-corrected chi connectivity index (χ1v) is 13.1. The zero-order chi connectivity index (χ0) is 24.7. The summed E-state index contributed by atoms with van der Waals surface area (Å²) in [5.74, 6) is 1.37. The van der Waals surface area contributed by atoms with E-state index in [0.717, 1.165) is 28.1 Å². The van der Waals surface area contributed by atoms with Crippen molar-refractivity contribution in [2.45, 2.75) is 23.4 Å². The number of rotatable bonds is 6. The number of methoxy groups -OCH3 is 2. The second-order valence-electron chi connectivity index (χ2n) is 9.05. The standard InChI is InChI=1S/C27H30N2O5S/c1-28-25-13-6-19(18-4-7-20(33-2)8-5-18)16-24(25)27-23(26(28)17-30)14-15-29(27)35(31,32)22-11-9-21(34-3)10-12-22/h4-13,16,23,26-27,30H,14-15,17H2,1-3H3/t23-,26-,27-/m1/s1.